The summed E-state index contributed by atoms with van der Waals surface area (Å²) in [5, 5.41) is 13.0. The lowest BCUT2D eigenvalue weighted by atomic mass is 10.0. The maximum atomic E-state index is 12.9. The Bertz CT molecular complexity index is 829. The van der Waals surface area contributed by atoms with Crippen molar-refractivity contribution in [3.05, 3.63) is 65.7 Å². The molecule has 1 heterocycles. The highest BCUT2D eigenvalue weighted by molar-refractivity contribution is 5.97. The molecule has 0 aliphatic rings. The third kappa shape index (κ3) is 3.22. The second-order valence-electron chi connectivity index (χ2n) is 5.39. The van der Waals surface area contributed by atoms with Crippen molar-refractivity contribution in [3.63, 3.8) is 0 Å². The minimum atomic E-state index is -0.921. The summed E-state index contributed by atoms with van der Waals surface area (Å²) in [5.74, 6) is -0.666. The van der Waals surface area contributed by atoms with Gasteiger partial charge in [-0.2, -0.15) is 0 Å². The first kappa shape index (κ1) is 15.2. The molecule has 23 heavy (non-hydrogen) atoms. The van der Waals surface area contributed by atoms with Gasteiger partial charge >= 0.3 is 0 Å². The number of rotatable bonds is 4. The second kappa shape index (κ2) is 6.18. The Morgan fingerprint density at radius 3 is 2.74 bits per heavy atom. The average Bonchev–Trinajstić information content (AvgIpc) is 3.02. The van der Waals surface area contributed by atoms with Crippen molar-refractivity contribution in [1.82, 2.24) is 15.3 Å². The number of aromatic amines is 1. The predicted octanol–water partition coefficient (Wildman–Crippen LogP) is 2.55. The quantitative estimate of drug-likeness (QED) is 0.692. The van der Waals surface area contributed by atoms with Gasteiger partial charge in [0, 0.05) is 5.56 Å². The van der Waals surface area contributed by atoms with E-state index < -0.39 is 12.1 Å². The number of H-pyrrole nitrogens is 1. The predicted molar refractivity (Wildman–Crippen MR) is 84.4 cm³/mol. The lowest BCUT2D eigenvalue weighted by Gasteiger charge is -2.20. The second-order valence-corrected chi connectivity index (χ2v) is 5.39. The van der Waals surface area contributed by atoms with Crippen molar-refractivity contribution >= 4 is 16.9 Å². The zero-order valence-electron chi connectivity index (χ0n) is 12.5. The molecule has 3 aromatic rings. The van der Waals surface area contributed by atoms with E-state index in [2.05, 4.69) is 15.3 Å². The molecule has 0 fully saturated rings. The third-order valence-corrected chi connectivity index (χ3v) is 3.73. The van der Waals surface area contributed by atoms with E-state index in [1.807, 2.05) is 0 Å². The molecule has 0 saturated carbocycles. The van der Waals surface area contributed by atoms with E-state index in [9.17, 15) is 14.3 Å². The number of carbonyl (C=O) groups is 1. The van der Waals surface area contributed by atoms with E-state index in [0.717, 1.165) is 11.0 Å². The van der Waals surface area contributed by atoms with Gasteiger partial charge < -0.3 is 15.4 Å². The number of hydrogen-bond donors (Lipinski definition) is 3. The van der Waals surface area contributed by atoms with E-state index in [4.69, 9.17) is 0 Å². The highest BCUT2D eigenvalue weighted by atomic mass is 19.1. The molecule has 3 N–H and O–H groups in total. The maximum Gasteiger partial charge on any atom is 0.251 e. The molecule has 0 spiro atoms. The van der Waals surface area contributed by atoms with Gasteiger partial charge in [0.25, 0.3) is 5.91 Å². The monoisotopic (exact) mass is 313 g/mol. The number of nitrogens with zero attached hydrogens (tertiary/aromatic N) is 1. The highest BCUT2D eigenvalue weighted by Crippen LogP contribution is 2.18. The van der Waals surface area contributed by atoms with Crippen LogP contribution in [0.15, 0.2) is 48.8 Å². The van der Waals surface area contributed by atoms with E-state index in [1.165, 1.54) is 24.3 Å². The first-order valence-electron chi connectivity index (χ1n) is 7.22. The number of aromatic nitrogens is 2. The number of aliphatic hydroxyl groups is 1. The molecule has 118 valence electrons. The smallest absolute Gasteiger partial charge is 0.251 e. The maximum absolute atomic E-state index is 12.9. The molecule has 0 bridgehead atoms. The van der Waals surface area contributed by atoms with Crippen LogP contribution in [0.2, 0.25) is 0 Å². The molecule has 2 atom stereocenters. The molecule has 0 radical (unpaired) electrons. The van der Waals surface area contributed by atoms with Crippen LogP contribution in [0.25, 0.3) is 11.0 Å². The molecule has 2 aromatic carbocycles. The largest absolute Gasteiger partial charge is 0.386 e. The van der Waals surface area contributed by atoms with Crippen LogP contribution in [0.5, 0.6) is 0 Å². The number of aliphatic hydroxyl groups excluding tert-OH is 1. The summed E-state index contributed by atoms with van der Waals surface area (Å²) in [6.45, 7) is 1.70. The third-order valence-electron chi connectivity index (χ3n) is 3.73. The van der Waals surface area contributed by atoms with Gasteiger partial charge in [-0.3, -0.25) is 4.79 Å². The van der Waals surface area contributed by atoms with Crippen LogP contribution >= 0.6 is 0 Å². The molecule has 1 aromatic heterocycles. The zero-order chi connectivity index (χ0) is 16.4. The Kier molecular flexibility index (Phi) is 4.08. The van der Waals surface area contributed by atoms with Gasteiger partial charge in [0.1, 0.15) is 5.82 Å². The van der Waals surface area contributed by atoms with Crippen molar-refractivity contribution in [2.24, 2.45) is 0 Å². The number of benzene rings is 2. The summed E-state index contributed by atoms with van der Waals surface area (Å²) >= 11 is 0. The van der Waals surface area contributed by atoms with Crippen LogP contribution in [-0.2, 0) is 0 Å². The molecule has 0 aliphatic heterocycles. The van der Waals surface area contributed by atoms with Crippen LogP contribution in [0, 0.1) is 5.82 Å². The number of halogens is 1. The summed E-state index contributed by atoms with van der Waals surface area (Å²) in [5.41, 5.74) is 2.56. The van der Waals surface area contributed by atoms with E-state index in [-0.39, 0.29) is 11.7 Å². The molecule has 1 amide bonds. The van der Waals surface area contributed by atoms with Crippen LogP contribution in [0.4, 0.5) is 4.39 Å². The Morgan fingerprint density at radius 1 is 1.26 bits per heavy atom. The minimum Gasteiger partial charge on any atom is -0.386 e. The number of nitrogens with one attached hydrogen (secondary N) is 2. The normalized spacial score (nSPS) is 13.7. The number of hydrogen-bond acceptors (Lipinski definition) is 3. The minimum absolute atomic E-state index is 0.296. The molecule has 3 rings (SSSR count). The Hall–Kier alpha value is -2.73. The van der Waals surface area contributed by atoms with Crippen LogP contribution in [0.1, 0.15) is 28.9 Å². The van der Waals surface area contributed by atoms with E-state index in [1.54, 1.807) is 31.5 Å². The number of imidazole rings is 1. The van der Waals surface area contributed by atoms with Gasteiger partial charge in [-0.15, -0.1) is 0 Å². The average molecular weight is 313 g/mol. The first-order valence-corrected chi connectivity index (χ1v) is 7.22. The summed E-state index contributed by atoms with van der Waals surface area (Å²) in [6.07, 6.45) is 0.642. The molecule has 0 saturated heterocycles. The summed E-state index contributed by atoms with van der Waals surface area (Å²) in [7, 11) is 0. The lowest BCUT2D eigenvalue weighted by molar-refractivity contribution is 0.0852. The van der Waals surface area contributed by atoms with Gasteiger partial charge in [-0.25, -0.2) is 9.37 Å². The Morgan fingerprint density at radius 2 is 2.00 bits per heavy atom. The van der Waals surface area contributed by atoms with Crippen LogP contribution in [-0.4, -0.2) is 27.0 Å². The van der Waals surface area contributed by atoms with Gasteiger partial charge in [0.15, 0.2) is 0 Å². The van der Waals surface area contributed by atoms with Crippen molar-refractivity contribution in [2.75, 3.05) is 0 Å². The lowest BCUT2D eigenvalue weighted by Crippen LogP contribution is -2.37. The highest BCUT2D eigenvalue weighted by Gasteiger charge is 2.19. The number of amides is 1. The fourth-order valence-corrected chi connectivity index (χ4v) is 2.39. The van der Waals surface area contributed by atoms with Gasteiger partial charge in [0.05, 0.1) is 29.5 Å². The zero-order valence-corrected chi connectivity index (χ0v) is 12.5. The van der Waals surface area contributed by atoms with Crippen LogP contribution in [0.3, 0.4) is 0 Å². The van der Waals surface area contributed by atoms with Crippen molar-refractivity contribution < 1.29 is 14.3 Å². The fourth-order valence-electron chi connectivity index (χ4n) is 2.39. The summed E-state index contributed by atoms with van der Waals surface area (Å²) in [4.78, 5) is 19.3. The fraction of sp³-hybridized carbons (Fsp3) is 0.176. The molecule has 2 unspecified atom stereocenters. The SMILES string of the molecule is CC(NC(=O)c1ccc2nc[nH]c2c1)C(O)c1ccc(F)cc1. The molecular formula is C17H16FN3O2. The molecular weight excluding hydrogens is 297 g/mol. The van der Waals surface area contributed by atoms with E-state index in [0.29, 0.717) is 11.1 Å². The van der Waals surface area contributed by atoms with Crippen molar-refractivity contribution in [2.45, 2.75) is 19.1 Å². The topological polar surface area (TPSA) is 78.0 Å². The summed E-state index contributed by atoms with van der Waals surface area (Å²) in [6, 6.07) is 10.2. The standard InChI is InChI=1S/C17H16FN3O2/c1-10(16(22)11-2-5-13(18)6-3-11)21-17(23)12-4-7-14-15(8-12)20-9-19-14/h2-10,16,22H,1H3,(H,19,20)(H,21,23). The van der Waals surface area contributed by atoms with Crippen LogP contribution < -0.4 is 5.32 Å². The van der Waals surface area contributed by atoms with Gasteiger partial charge in [0.2, 0.25) is 0 Å². The number of fused-ring (bicyclic) bond motifs is 1. The Labute approximate surface area is 132 Å². The molecule has 0 aliphatic carbocycles. The first-order chi connectivity index (χ1) is 11.0. The number of carbonyl (C=O) groups excluding carboxylic acids is 1. The molecule has 5 nitrogen and oxygen atoms in total. The van der Waals surface area contributed by atoms with E-state index >= 15 is 0 Å². The van der Waals surface area contributed by atoms with Crippen molar-refractivity contribution in [1.29, 1.82) is 0 Å². The van der Waals surface area contributed by atoms with Crippen molar-refractivity contribution in [3.8, 4) is 0 Å². The molecule has 6 heteroatoms. The van der Waals surface area contributed by atoms with Gasteiger partial charge in [-0.1, -0.05) is 12.1 Å². The Balaban J connectivity index is 1.72. The van der Waals surface area contributed by atoms with Gasteiger partial charge in [-0.05, 0) is 42.8 Å². The summed E-state index contributed by atoms with van der Waals surface area (Å²) < 4.78 is 12.9.